The lowest BCUT2D eigenvalue weighted by Crippen LogP contribution is -2.13. The number of pyridine rings is 1. The molecule has 2 aromatic rings. The van der Waals surface area contributed by atoms with E-state index < -0.39 is 0 Å². The van der Waals surface area contributed by atoms with Crippen LogP contribution in [0.3, 0.4) is 0 Å². The largest absolute Gasteiger partial charge is 0.256 e. The average Bonchev–Trinajstić information content (AvgIpc) is 2.57. The maximum atomic E-state index is 4.68. The van der Waals surface area contributed by atoms with Crippen LogP contribution in [0.4, 0.5) is 0 Å². The number of hydrogen-bond donors (Lipinski definition) is 0. The zero-order chi connectivity index (χ0) is 17.6. The van der Waals surface area contributed by atoms with Gasteiger partial charge < -0.3 is 0 Å². The van der Waals surface area contributed by atoms with Crippen LogP contribution in [0.1, 0.15) is 77.0 Å². The van der Waals surface area contributed by atoms with Gasteiger partial charge in [0.05, 0.1) is 5.69 Å². The second-order valence-corrected chi connectivity index (χ2v) is 7.84. The van der Waals surface area contributed by atoms with Crippen molar-refractivity contribution in [1.82, 2.24) is 4.98 Å². The highest BCUT2D eigenvalue weighted by Gasteiger charge is 2.19. The average molecular weight is 324 g/mol. The SMILES string of the molecule is CCCCc1cc(C(C)(C)C)cc(CCCC)c1-c1ccccn1. The molecule has 0 unspecified atom stereocenters. The van der Waals surface area contributed by atoms with Crippen LogP contribution in [0.2, 0.25) is 0 Å². The molecule has 0 bridgehead atoms. The maximum Gasteiger partial charge on any atom is 0.0707 e. The van der Waals surface area contributed by atoms with E-state index in [2.05, 4.69) is 63.9 Å². The summed E-state index contributed by atoms with van der Waals surface area (Å²) in [6.45, 7) is 11.5. The molecule has 0 aliphatic carbocycles. The molecule has 0 spiro atoms. The Kier molecular flexibility index (Phi) is 6.60. The highest BCUT2D eigenvalue weighted by molar-refractivity contribution is 5.69. The molecule has 130 valence electrons. The van der Waals surface area contributed by atoms with Crippen LogP contribution in [0.5, 0.6) is 0 Å². The van der Waals surface area contributed by atoms with Gasteiger partial charge in [-0.2, -0.15) is 0 Å². The standard InChI is InChI=1S/C23H33N/c1-6-8-12-18-16-20(23(3,4)5)17-19(13-9-7-2)22(18)21-14-10-11-15-24-21/h10-11,14-17H,6-9,12-13H2,1-5H3. The third-order valence-corrected chi connectivity index (χ3v) is 4.69. The lowest BCUT2D eigenvalue weighted by atomic mass is 9.81. The van der Waals surface area contributed by atoms with Gasteiger partial charge in [0.15, 0.2) is 0 Å². The Morgan fingerprint density at radius 2 is 1.46 bits per heavy atom. The maximum absolute atomic E-state index is 4.68. The third kappa shape index (κ3) is 4.69. The fourth-order valence-corrected chi connectivity index (χ4v) is 3.17. The molecule has 24 heavy (non-hydrogen) atoms. The van der Waals surface area contributed by atoms with Crippen molar-refractivity contribution >= 4 is 0 Å². The monoisotopic (exact) mass is 323 g/mol. The van der Waals surface area contributed by atoms with E-state index >= 15 is 0 Å². The summed E-state index contributed by atoms with van der Waals surface area (Å²) in [5.74, 6) is 0. The van der Waals surface area contributed by atoms with E-state index in [1.54, 1.807) is 0 Å². The van der Waals surface area contributed by atoms with Crippen molar-refractivity contribution < 1.29 is 0 Å². The van der Waals surface area contributed by atoms with Gasteiger partial charge in [0.2, 0.25) is 0 Å². The van der Waals surface area contributed by atoms with Gasteiger partial charge in [0.25, 0.3) is 0 Å². The Balaban J connectivity index is 2.62. The minimum Gasteiger partial charge on any atom is -0.256 e. The van der Waals surface area contributed by atoms with E-state index in [4.69, 9.17) is 0 Å². The van der Waals surface area contributed by atoms with Crippen LogP contribution in [-0.2, 0) is 18.3 Å². The van der Waals surface area contributed by atoms with E-state index in [1.807, 2.05) is 12.3 Å². The Labute approximate surface area is 148 Å². The van der Waals surface area contributed by atoms with E-state index in [9.17, 15) is 0 Å². The van der Waals surface area contributed by atoms with Crippen molar-refractivity contribution in [3.63, 3.8) is 0 Å². The first kappa shape index (κ1) is 18.7. The fraction of sp³-hybridized carbons (Fsp3) is 0.522. The van der Waals surface area contributed by atoms with E-state index in [0.717, 1.165) is 18.5 Å². The van der Waals surface area contributed by atoms with Crippen LogP contribution in [0, 0.1) is 0 Å². The molecular weight excluding hydrogens is 290 g/mol. The molecule has 2 rings (SSSR count). The van der Waals surface area contributed by atoms with Crippen molar-refractivity contribution in [1.29, 1.82) is 0 Å². The predicted octanol–water partition coefficient (Wildman–Crippen LogP) is 6.73. The Bertz CT molecular complexity index is 606. The summed E-state index contributed by atoms with van der Waals surface area (Å²) < 4.78 is 0. The summed E-state index contributed by atoms with van der Waals surface area (Å²) in [6, 6.07) is 11.2. The zero-order valence-electron chi connectivity index (χ0n) is 16.2. The van der Waals surface area contributed by atoms with Crippen LogP contribution in [0.15, 0.2) is 36.5 Å². The molecule has 1 heteroatoms. The van der Waals surface area contributed by atoms with Gasteiger partial charge in [-0.25, -0.2) is 0 Å². The molecule has 0 atom stereocenters. The van der Waals surface area contributed by atoms with Crippen molar-refractivity contribution in [2.24, 2.45) is 0 Å². The second kappa shape index (κ2) is 8.46. The predicted molar refractivity (Wildman–Crippen MR) is 106 cm³/mol. The molecule has 0 saturated carbocycles. The number of rotatable bonds is 7. The first-order valence-electron chi connectivity index (χ1n) is 9.55. The summed E-state index contributed by atoms with van der Waals surface area (Å²) in [7, 11) is 0. The van der Waals surface area contributed by atoms with Crippen LogP contribution < -0.4 is 0 Å². The lowest BCUT2D eigenvalue weighted by molar-refractivity contribution is 0.587. The number of benzene rings is 1. The van der Waals surface area contributed by atoms with Gasteiger partial charge in [-0.1, -0.05) is 65.7 Å². The van der Waals surface area contributed by atoms with Crippen molar-refractivity contribution in [2.75, 3.05) is 0 Å². The Morgan fingerprint density at radius 3 is 1.88 bits per heavy atom. The summed E-state index contributed by atoms with van der Waals surface area (Å²) >= 11 is 0. The van der Waals surface area contributed by atoms with Gasteiger partial charge in [-0.15, -0.1) is 0 Å². The lowest BCUT2D eigenvalue weighted by Gasteiger charge is -2.24. The number of hydrogen-bond acceptors (Lipinski definition) is 1. The summed E-state index contributed by atoms with van der Waals surface area (Å²) in [6.07, 6.45) is 9.13. The molecule has 0 N–H and O–H groups in total. The quantitative estimate of drug-likeness (QED) is 0.550. The van der Waals surface area contributed by atoms with Crippen molar-refractivity contribution in [2.45, 2.75) is 78.6 Å². The van der Waals surface area contributed by atoms with E-state index in [1.165, 1.54) is 47.9 Å². The molecule has 1 heterocycles. The van der Waals surface area contributed by atoms with Crippen LogP contribution in [0.25, 0.3) is 11.3 Å². The second-order valence-electron chi connectivity index (χ2n) is 7.84. The topological polar surface area (TPSA) is 12.9 Å². The normalized spacial score (nSPS) is 11.7. The summed E-state index contributed by atoms with van der Waals surface area (Å²) in [5.41, 5.74) is 7.13. The number of nitrogens with zero attached hydrogens (tertiary/aromatic N) is 1. The minimum atomic E-state index is 0.185. The molecule has 0 saturated heterocycles. The highest BCUT2D eigenvalue weighted by atomic mass is 14.7. The fourth-order valence-electron chi connectivity index (χ4n) is 3.17. The van der Waals surface area contributed by atoms with E-state index in [0.29, 0.717) is 0 Å². The van der Waals surface area contributed by atoms with Crippen LogP contribution in [-0.4, -0.2) is 4.98 Å². The number of unbranched alkanes of at least 4 members (excludes halogenated alkanes) is 2. The van der Waals surface area contributed by atoms with Crippen LogP contribution >= 0.6 is 0 Å². The first-order valence-corrected chi connectivity index (χ1v) is 9.55. The third-order valence-electron chi connectivity index (χ3n) is 4.69. The molecule has 0 aliphatic rings. The van der Waals surface area contributed by atoms with Gasteiger partial charge in [-0.05, 0) is 59.9 Å². The Hall–Kier alpha value is -1.63. The molecule has 1 aromatic carbocycles. The summed E-state index contributed by atoms with van der Waals surface area (Å²) in [4.78, 5) is 4.68. The van der Waals surface area contributed by atoms with Crippen molar-refractivity contribution in [3.05, 3.63) is 53.2 Å². The number of aryl methyl sites for hydroxylation is 2. The Morgan fingerprint density at radius 1 is 0.875 bits per heavy atom. The van der Waals surface area contributed by atoms with Gasteiger partial charge in [0.1, 0.15) is 0 Å². The first-order chi connectivity index (χ1) is 11.5. The van der Waals surface area contributed by atoms with Gasteiger partial charge >= 0.3 is 0 Å². The van der Waals surface area contributed by atoms with E-state index in [-0.39, 0.29) is 5.41 Å². The zero-order valence-corrected chi connectivity index (χ0v) is 16.2. The number of aromatic nitrogens is 1. The molecule has 1 aromatic heterocycles. The molecule has 1 nitrogen and oxygen atoms in total. The van der Waals surface area contributed by atoms with Crippen molar-refractivity contribution in [3.8, 4) is 11.3 Å². The molecule has 0 amide bonds. The molecular formula is C23H33N. The summed E-state index contributed by atoms with van der Waals surface area (Å²) in [5, 5.41) is 0. The molecule has 0 aliphatic heterocycles. The highest BCUT2D eigenvalue weighted by Crippen LogP contribution is 2.34. The molecule has 0 radical (unpaired) electrons. The smallest absolute Gasteiger partial charge is 0.0707 e. The van der Waals surface area contributed by atoms with Gasteiger partial charge in [-0.3, -0.25) is 4.98 Å². The minimum absolute atomic E-state index is 0.185. The van der Waals surface area contributed by atoms with Gasteiger partial charge in [0, 0.05) is 11.8 Å². The molecule has 0 fully saturated rings.